The first-order valence-electron chi connectivity index (χ1n) is 5.42. The molecule has 2 heterocycles. The molecule has 0 aliphatic carbocycles. The van der Waals surface area contributed by atoms with Crippen molar-refractivity contribution < 1.29 is 0 Å². The molecule has 2 rings (SSSR count). The predicted octanol–water partition coefficient (Wildman–Crippen LogP) is 2.37. The molecule has 0 fully saturated rings. The van der Waals surface area contributed by atoms with Gasteiger partial charge in [-0.2, -0.15) is 4.37 Å². The van der Waals surface area contributed by atoms with Crippen molar-refractivity contribution in [3.63, 3.8) is 0 Å². The van der Waals surface area contributed by atoms with Crippen molar-refractivity contribution in [3.05, 3.63) is 29.7 Å². The van der Waals surface area contributed by atoms with Crippen LogP contribution in [0.2, 0.25) is 0 Å². The zero-order valence-electron chi connectivity index (χ0n) is 9.80. The molecule has 4 nitrogen and oxygen atoms in total. The molecule has 0 aliphatic rings. The number of nitrogens with one attached hydrogen (secondary N) is 1. The molecule has 0 radical (unpaired) electrons. The second-order valence-electron chi connectivity index (χ2n) is 3.43. The summed E-state index contributed by atoms with van der Waals surface area (Å²) in [6.07, 6.45) is 2.69. The molecule has 17 heavy (non-hydrogen) atoms. The summed E-state index contributed by atoms with van der Waals surface area (Å²) < 4.78 is 5.23. The average molecular weight is 266 g/mol. The van der Waals surface area contributed by atoms with Gasteiger partial charge < -0.3 is 5.32 Å². The van der Waals surface area contributed by atoms with Crippen LogP contribution < -0.4 is 5.32 Å². The van der Waals surface area contributed by atoms with Crippen LogP contribution in [0.3, 0.4) is 0 Å². The fourth-order valence-electron chi connectivity index (χ4n) is 1.35. The maximum Gasteiger partial charge on any atom is 0.176 e. The Morgan fingerprint density at radius 3 is 3.06 bits per heavy atom. The van der Waals surface area contributed by atoms with Crippen molar-refractivity contribution in [2.75, 3.05) is 7.05 Å². The van der Waals surface area contributed by atoms with Crippen molar-refractivity contribution in [2.24, 2.45) is 0 Å². The molecule has 0 amide bonds. The highest BCUT2D eigenvalue weighted by Gasteiger charge is 2.08. The van der Waals surface area contributed by atoms with Gasteiger partial charge in [-0.1, -0.05) is 13.0 Å². The van der Waals surface area contributed by atoms with Gasteiger partial charge in [0.25, 0.3) is 0 Å². The number of pyridine rings is 1. The molecule has 0 aliphatic heterocycles. The minimum atomic E-state index is 0.815. The molecule has 90 valence electrons. The summed E-state index contributed by atoms with van der Waals surface area (Å²) in [7, 11) is 1.93. The Balaban J connectivity index is 2.17. The van der Waals surface area contributed by atoms with Gasteiger partial charge in [-0.25, -0.2) is 9.97 Å². The maximum atomic E-state index is 4.44. The highest BCUT2D eigenvalue weighted by atomic mass is 32.2. The van der Waals surface area contributed by atoms with Gasteiger partial charge >= 0.3 is 0 Å². The van der Waals surface area contributed by atoms with Gasteiger partial charge in [0.15, 0.2) is 4.34 Å². The van der Waals surface area contributed by atoms with Crippen LogP contribution in [0.1, 0.15) is 18.3 Å². The van der Waals surface area contributed by atoms with Crippen LogP contribution in [-0.2, 0) is 13.0 Å². The van der Waals surface area contributed by atoms with Gasteiger partial charge in [0.05, 0.1) is 0 Å². The van der Waals surface area contributed by atoms with Gasteiger partial charge in [0.2, 0.25) is 0 Å². The van der Waals surface area contributed by atoms with E-state index in [2.05, 4.69) is 32.6 Å². The fraction of sp³-hybridized carbons (Fsp3) is 0.364. The number of hydrogen-bond donors (Lipinski definition) is 1. The zero-order chi connectivity index (χ0) is 12.1. The summed E-state index contributed by atoms with van der Waals surface area (Å²) in [4.78, 5) is 8.82. The van der Waals surface area contributed by atoms with Crippen molar-refractivity contribution >= 4 is 23.3 Å². The van der Waals surface area contributed by atoms with Crippen LogP contribution >= 0.6 is 23.3 Å². The Labute approximate surface area is 109 Å². The Morgan fingerprint density at radius 2 is 2.35 bits per heavy atom. The largest absolute Gasteiger partial charge is 0.316 e. The van der Waals surface area contributed by atoms with E-state index < -0.39 is 0 Å². The van der Waals surface area contributed by atoms with Crippen molar-refractivity contribution in [1.29, 1.82) is 0 Å². The van der Waals surface area contributed by atoms with E-state index in [1.165, 1.54) is 17.1 Å². The summed E-state index contributed by atoms with van der Waals surface area (Å²) in [5, 5.41) is 4.14. The van der Waals surface area contributed by atoms with Gasteiger partial charge in [0.1, 0.15) is 10.9 Å². The van der Waals surface area contributed by atoms with E-state index in [0.717, 1.165) is 28.2 Å². The van der Waals surface area contributed by atoms with Crippen LogP contribution in [0.4, 0.5) is 0 Å². The standard InChI is InChI=1S/C11H14N4S2/c1-3-9-14-11(17-15-9)16-10-8(7-12-2)5-4-6-13-10/h4-6,12H,3,7H2,1-2H3. The van der Waals surface area contributed by atoms with Crippen LogP contribution in [0.25, 0.3) is 0 Å². The van der Waals surface area contributed by atoms with Crippen LogP contribution in [0.5, 0.6) is 0 Å². The molecule has 1 N–H and O–H groups in total. The lowest BCUT2D eigenvalue weighted by molar-refractivity contribution is 0.789. The minimum absolute atomic E-state index is 0.815. The predicted molar refractivity (Wildman–Crippen MR) is 70.4 cm³/mol. The van der Waals surface area contributed by atoms with E-state index in [-0.39, 0.29) is 0 Å². The molecule has 2 aromatic rings. The molecule has 0 spiro atoms. The first-order valence-corrected chi connectivity index (χ1v) is 7.01. The van der Waals surface area contributed by atoms with E-state index in [9.17, 15) is 0 Å². The Bertz CT molecular complexity index is 484. The summed E-state index contributed by atoms with van der Waals surface area (Å²) in [6, 6.07) is 4.03. The van der Waals surface area contributed by atoms with Crippen molar-refractivity contribution in [3.8, 4) is 0 Å². The summed E-state index contributed by atoms with van der Waals surface area (Å²) in [5.41, 5.74) is 1.19. The summed E-state index contributed by atoms with van der Waals surface area (Å²) in [6.45, 7) is 2.87. The van der Waals surface area contributed by atoms with E-state index in [0.29, 0.717) is 0 Å². The zero-order valence-corrected chi connectivity index (χ0v) is 11.4. The second kappa shape index (κ2) is 6.09. The van der Waals surface area contributed by atoms with Gasteiger partial charge in [-0.3, -0.25) is 0 Å². The quantitative estimate of drug-likeness (QED) is 0.900. The number of aryl methyl sites for hydroxylation is 1. The first kappa shape index (κ1) is 12.5. The summed E-state index contributed by atoms with van der Waals surface area (Å²) in [5.74, 6) is 0.906. The topological polar surface area (TPSA) is 50.7 Å². The Hall–Kier alpha value is -0.980. The molecule has 0 atom stereocenters. The molecular weight excluding hydrogens is 252 g/mol. The van der Waals surface area contributed by atoms with E-state index in [1.807, 2.05) is 19.3 Å². The van der Waals surface area contributed by atoms with Gasteiger partial charge in [0, 0.05) is 19.2 Å². The van der Waals surface area contributed by atoms with Crippen LogP contribution in [0, 0.1) is 0 Å². The molecule has 2 aromatic heterocycles. The third-order valence-corrected chi connectivity index (χ3v) is 4.02. The number of nitrogens with zero attached hydrogens (tertiary/aromatic N) is 3. The highest BCUT2D eigenvalue weighted by molar-refractivity contribution is 8.00. The molecule has 0 saturated heterocycles. The molecular formula is C11H14N4S2. The molecule has 0 aromatic carbocycles. The number of aromatic nitrogens is 3. The van der Waals surface area contributed by atoms with E-state index in [4.69, 9.17) is 0 Å². The lowest BCUT2D eigenvalue weighted by atomic mass is 10.3. The molecule has 0 bridgehead atoms. The monoisotopic (exact) mass is 266 g/mol. The van der Waals surface area contributed by atoms with Crippen molar-refractivity contribution in [2.45, 2.75) is 29.3 Å². The number of rotatable bonds is 5. The van der Waals surface area contributed by atoms with Crippen LogP contribution in [0.15, 0.2) is 27.7 Å². The fourth-order valence-corrected chi connectivity index (χ4v) is 3.05. The minimum Gasteiger partial charge on any atom is -0.316 e. The third-order valence-electron chi connectivity index (χ3n) is 2.17. The lowest BCUT2D eigenvalue weighted by Gasteiger charge is -2.04. The average Bonchev–Trinajstić information content (AvgIpc) is 2.80. The molecule has 0 unspecified atom stereocenters. The molecule has 6 heteroatoms. The third kappa shape index (κ3) is 3.24. The summed E-state index contributed by atoms with van der Waals surface area (Å²) >= 11 is 3.02. The normalized spacial score (nSPS) is 10.7. The van der Waals surface area contributed by atoms with Gasteiger partial charge in [-0.05, 0) is 42.0 Å². The Kier molecular flexibility index (Phi) is 4.47. The lowest BCUT2D eigenvalue weighted by Crippen LogP contribution is -2.06. The first-order chi connectivity index (χ1) is 8.33. The second-order valence-corrected chi connectivity index (χ2v) is 5.42. The number of hydrogen-bond acceptors (Lipinski definition) is 6. The Morgan fingerprint density at radius 1 is 1.47 bits per heavy atom. The van der Waals surface area contributed by atoms with E-state index >= 15 is 0 Å². The maximum absolute atomic E-state index is 4.44. The van der Waals surface area contributed by atoms with Crippen molar-refractivity contribution in [1.82, 2.24) is 19.7 Å². The SMILES string of the molecule is CCc1nsc(Sc2ncccc2CNC)n1. The molecule has 0 saturated carbocycles. The highest BCUT2D eigenvalue weighted by Crippen LogP contribution is 2.29. The van der Waals surface area contributed by atoms with Crippen LogP contribution in [-0.4, -0.2) is 21.4 Å². The van der Waals surface area contributed by atoms with E-state index in [1.54, 1.807) is 11.8 Å². The smallest absolute Gasteiger partial charge is 0.176 e. The van der Waals surface area contributed by atoms with Gasteiger partial charge in [-0.15, -0.1) is 0 Å².